The Kier molecular flexibility index (Phi) is 4.59. The minimum atomic E-state index is -0.887. The van der Waals surface area contributed by atoms with E-state index in [9.17, 15) is 9.90 Å². The zero-order chi connectivity index (χ0) is 15.5. The van der Waals surface area contributed by atoms with E-state index in [1.54, 1.807) is 6.07 Å². The van der Waals surface area contributed by atoms with Gasteiger partial charge in [-0.1, -0.05) is 6.92 Å². The number of carboxylic acid groups (broad SMARTS) is 1. The Morgan fingerprint density at radius 1 is 1.41 bits per heavy atom. The van der Waals surface area contributed by atoms with E-state index < -0.39 is 5.97 Å². The second-order valence-electron chi connectivity index (χ2n) is 5.72. The average molecular weight is 306 g/mol. The van der Waals surface area contributed by atoms with E-state index in [1.165, 1.54) is 0 Å². The van der Waals surface area contributed by atoms with Crippen molar-refractivity contribution >= 4 is 11.8 Å². The molecule has 1 saturated heterocycles. The van der Waals surface area contributed by atoms with Crippen molar-refractivity contribution < 1.29 is 19.4 Å². The molecule has 0 spiro atoms. The number of pyridine rings is 1. The minimum Gasteiger partial charge on any atom is -0.478 e. The maximum atomic E-state index is 11.6. The van der Waals surface area contributed by atoms with Crippen molar-refractivity contribution in [3.63, 3.8) is 0 Å². The van der Waals surface area contributed by atoms with E-state index in [0.717, 1.165) is 36.6 Å². The normalized spacial score (nSPS) is 22.0. The van der Waals surface area contributed by atoms with Crippen molar-refractivity contribution in [3.8, 4) is 0 Å². The number of hydrogen-bond acceptors (Lipinski definition) is 5. The van der Waals surface area contributed by atoms with Crippen molar-refractivity contribution in [2.45, 2.75) is 32.3 Å². The summed E-state index contributed by atoms with van der Waals surface area (Å²) < 4.78 is 11.1. The van der Waals surface area contributed by atoms with E-state index in [1.807, 2.05) is 0 Å². The van der Waals surface area contributed by atoms with Crippen molar-refractivity contribution in [2.24, 2.45) is 0 Å². The Balaban J connectivity index is 1.96. The van der Waals surface area contributed by atoms with Crippen LogP contribution in [0.3, 0.4) is 0 Å². The third kappa shape index (κ3) is 3.08. The number of aromatic carboxylic acids is 1. The molecule has 3 rings (SSSR count). The summed E-state index contributed by atoms with van der Waals surface area (Å²) in [6.07, 6.45) is 2.42. The molecule has 0 radical (unpaired) electrons. The van der Waals surface area contributed by atoms with Crippen molar-refractivity contribution in [1.29, 1.82) is 0 Å². The summed E-state index contributed by atoms with van der Waals surface area (Å²) in [4.78, 5) is 18.5. The second kappa shape index (κ2) is 6.62. The molecule has 1 aromatic rings. The number of rotatable bonds is 3. The van der Waals surface area contributed by atoms with Crippen molar-refractivity contribution in [3.05, 3.63) is 22.9 Å². The molecule has 0 unspecified atom stereocenters. The van der Waals surface area contributed by atoms with Gasteiger partial charge < -0.3 is 19.5 Å². The summed E-state index contributed by atoms with van der Waals surface area (Å²) >= 11 is 0. The quantitative estimate of drug-likeness (QED) is 0.912. The molecular weight excluding hydrogens is 284 g/mol. The smallest absolute Gasteiger partial charge is 0.336 e. The van der Waals surface area contributed by atoms with Crippen LogP contribution in [0, 0.1) is 0 Å². The average Bonchev–Trinajstić information content (AvgIpc) is 2.79. The maximum absolute atomic E-state index is 11.6. The molecule has 2 aliphatic rings. The van der Waals surface area contributed by atoms with Crippen LogP contribution in [0.15, 0.2) is 6.07 Å². The fourth-order valence-electron chi connectivity index (χ4n) is 3.07. The van der Waals surface area contributed by atoms with Gasteiger partial charge in [0, 0.05) is 25.2 Å². The molecule has 1 N–H and O–H groups in total. The van der Waals surface area contributed by atoms with Gasteiger partial charge >= 0.3 is 5.97 Å². The van der Waals surface area contributed by atoms with Gasteiger partial charge in [-0.15, -0.1) is 0 Å². The van der Waals surface area contributed by atoms with Crippen LogP contribution in [0.2, 0.25) is 0 Å². The fourth-order valence-corrected chi connectivity index (χ4v) is 3.07. The zero-order valence-electron chi connectivity index (χ0n) is 12.9. The Bertz CT molecular complexity index is 561. The summed E-state index contributed by atoms with van der Waals surface area (Å²) in [7, 11) is 0. The molecule has 3 heterocycles. The van der Waals surface area contributed by atoms with E-state index in [-0.39, 0.29) is 6.10 Å². The number of aromatic nitrogens is 1. The molecule has 6 heteroatoms. The number of ether oxygens (including phenoxy) is 2. The first-order valence-corrected chi connectivity index (χ1v) is 7.89. The van der Waals surface area contributed by atoms with Gasteiger partial charge in [0.25, 0.3) is 0 Å². The number of fused-ring (bicyclic) bond motifs is 1. The third-order valence-corrected chi connectivity index (χ3v) is 4.32. The number of carbonyl (C=O) groups is 1. The summed E-state index contributed by atoms with van der Waals surface area (Å²) in [5, 5.41) is 9.54. The molecule has 22 heavy (non-hydrogen) atoms. The predicted octanol–water partition coefficient (Wildman–Crippen LogP) is 1.51. The molecule has 0 aliphatic carbocycles. The Hall–Kier alpha value is -1.66. The monoisotopic (exact) mass is 306 g/mol. The standard InChI is InChI=1S/C16H22N2O4/c1-2-11-10-18(5-8-22-11)15-9-13(16(19)20)12-3-6-21-7-4-14(12)17-15/h9,11H,2-8,10H2,1H3,(H,19,20)/t11-/m1/s1. The van der Waals surface area contributed by atoms with Crippen LogP contribution < -0.4 is 4.90 Å². The lowest BCUT2D eigenvalue weighted by Crippen LogP contribution is -2.42. The number of anilines is 1. The SMILES string of the molecule is CC[C@@H]1CN(c2cc(C(=O)O)c3c(n2)CCOCC3)CCO1. The van der Waals surface area contributed by atoms with E-state index in [0.29, 0.717) is 38.2 Å². The van der Waals surface area contributed by atoms with Gasteiger partial charge in [0.2, 0.25) is 0 Å². The Morgan fingerprint density at radius 2 is 2.23 bits per heavy atom. The first-order chi connectivity index (χ1) is 10.7. The minimum absolute atomic E-state index is 0.186. The van der Waals surface area contributed by atoms with Gasteiger partial charge in [0.1, 0.15) is 5.82 Å². The molecule has 0 aromatic carbocycles. The highest BCUT2D eigenvalue weighted by molar-refractivity contribution is 5.90. The molecule has 1 fully saturated rings. The lowest BCUT2D eigenvalue weighted by Gasteiger charge is -2.33. The van der Waals surface area contributed by atoms with Crippen LogP contribution in [0.1, 0.15) is 35.0 Å². The Labute approximate surface area is 130 Å². The largest absolute Gasteiger partial charge is 0.478 e. The highest BCUT2D eigenvalue weighted by atomic mass is 16.5. The van der Waals surface area contributed by atoms with Gasteiger partial charge in [-0.2, -0.15) is 0 Å². The van der Waals surface area contributed by atoms with Gasteiger partial charge in [-0.25, -0.2) is 9.78 Å². The van der Waals surface area contributed by atoms with Crippen LogP contribution >= 0.6 is 0 Å². The molecule has 120 valence electrons. The highest BCUT2D eigenvalue weighted by Gasteiger charge is 2.24. The summed E-state index contributed by atoms with van der Waals surface area (Å²) in [6.45, 7) is 5.42. The molecule has 0 bridgehead atoms. The fraction of sp³-hybridized carbons (Fsp3) is 0.625. The van der Waals surface area contributed by atoms with Crippen molar-refractivity contribution in [2.75, 3.05) is 37.8 Å². The molecule has 0 saturated carbocycles. The number of hydrogen-bond donors (Lipinski definition) is 1. The van der Waals surface area contributed by atoms with E-state index >= 15 is 0 Å². The molecule has 0 amide bonds. The first kappa shape index (κ1) is 15.2. The van der Waals surface area contributed by atoms with E-state index in [4.69, 9.17) is 14.5 Å². The number of nitrogens with zero attached hydrogens (tertiary/aromatic N) is 2. The van der Waals surface area contributed by atoms with Gasteiger partial charge in [-0.3, -0.25) is 0 Å². The maximum Gasteiger partial charge on any atom is 0.336 e. The lowest BCUT2D eigenvalue weighted by molar-refractivity contribution is 0.0381. The molecule has 1 aromatic heterocycles. The molecule has 2 aliphatic heterocycles. The lowest BCUT2D eigenvalue weighted by atomic mass is 10.0. The second-order valence-corrected chi connectivity index (χ2v) is 5.72. The summed E-state index contributed by atoms with van der Waals surface area (Å²) in [5.74, 6) is -0.137. The van der Waals surface area contributed by atoms with Crippen molar-refractivity contribution in [1.82, 2.24) is 4.98 Å². The van der Waals surface area contributed by atoms with Crippen LogP contribution in [0.25, 0.3) is 0 Å². The number of carboxylic acids is 1. The predicted molar refractivity (Wildman–Crippen MR) is 81.7 cm³/mol. The van der Waals surface area contributed by atoms with Crippen LogP contribution in [-0.2, 0) is 22.3 Å². The molecule has 6 nitrogen and oxygen atoms in total. The Morgan fingerprint density at radius 3 is 3.00 bits per heavy atom. The molecular formula is C16H22N2O4. The van der Waals surface area contributed by atoms with Gasteiger partial charge in [-0.05, 0) is 24.5 Å². The van der Waals surface area contributed by atoms with Gasteiger partial charge in [0.05, 0.1) is 31.5 Å². The topological polar surface area (TPSA) is 71.9 Å². The van der Waals surface area contributed by atoms with Gasteiger partial charge in [0.15, 0.2) is 0 Å². The van der Waals surface area contributed by atoms with Crippen LogP contribution in [0.4, 0.5) is 5.82 Å². The summed E-state index contributed by atoms with van der Waals surface area (Å²) in [5.41, 5.74) is 2.06. The zero-order valence-corrected chi connectivity index (χ0v) is 12.9. The van der Waals surface area contributed by atoms with Crippen LogP contribution in [0.5, 0.6) is 0 Å². The summed E-state index contributed by atoms with van der Waals surface area (Å²) in [6, 6.07) is 1.71. The first-order valence-electron chi connectivity index (χ1n) is 7.89. The number of morpholine rings is 1. The third-order valence-electron chi connectivity index (χ3n) is 4.32. The highest BCUT2D eigenvalue weighted by Crippen LogP contribution is 2.25. The van der Waals surface area contributed by atoms with E-state index in [2.05, 4.69) is 11.8 Å². The molecule has 1 atom stereocenters. The van der Waals surface area contributed by atoms with Crippen LogP contribution in [-0.4, -0.2) is 55.1 Å².